The van der Waals surface area contributed by atoms with Gasteiger partial charge in [-0.05, 0) is 72.3 Å². The molecule has 0 radical (unpaired) electrons. The van der Waals surface area contributed by atoms with Crippen LogP contribution in [0.2, 0.25) is 0 Å². The van der Waals surface area contributed by atoms with Gasteiger partial charge < -0.3 is 10.1 Å². The van der Waals surface area contributed by atoms with Crippen LogP contribution in [-0.2, 0) is 6.42 Å². The first-order chi connectivity index (χ1) is 10.2. The molecule has 114 valence electrons. The number of hydrogen-bond donors (Lipinski definition) is 1. The predicted octanol–water partition coefficient (Wildman–Crippen LogP) is 4.74. The van der Waals surface area contributed by atoms with Crippen molar-refractivity contribution in [3.05, 3.63) is 51.7 Å². The minimum Gasteiger partial charge on any atom is -0.496 e. The highest BCUT2D eigenvalue weighted by molar-refractivity contribution is 7.07. The Morgan fingerprint density at radius 2 is 2.14 bits per heavy atom. The summed E-state index contributed by atoms with van der Waals surface area (Å²) in [5.41, 5.74) is 3.94. The molecule has 1 atom stereocenters. The first kappa shape index (κ1) is 16.1. The Hall–Kier alpha value is -1.32. The van der Waals surface area contributed by atoms with Crippen molar-refractivity contribution >= 4 is 11.3 Å². The third-order valence-corrected chi connectivity index (χ3v) is 4.51. The van der Waals surface area contributed by atoms with E-state index in [-0.39, 0.29) is 0 Å². The van der Waals surface area contributed by atoms with E-state index < -0.39 is 0 Å². The van der Waals surface area contributed by atoms with Gasteiger partial charge in [-0.25, -0.2) is 0 Å². The Labute approximate surface area is 132 Å². The summed E-state index contributed by atoms with van der Waals surface area (Å²) in [7, 11) is 1.74. The van der Waals surface area contributed by atoms with Crippen molar-refractivity contribution in [2.75, 3.05) is 13.7 Å². The quantitative estimate of drug-likeness (QED) is 0.760. The van der Waals surface area contributed by atoms with Crippen molar-refractivity contribution in [1.82, 2.24) is 5.32 Å². The maximum Gasteiger partial charge on any atom is 0.122 e. The highest BCUT2D eigenvalue weighted by atomic mass is 32.1. The van der Waals surface area contributed by atoms with Gasteiger partial charge >= 0.3 is 0 Å². The minimum absolute atomic E-state index is 0.388. The van der Waals surface area contributed by atoms with Gasteiger partial charge in [0.2, 0.25) is 0 Å². The van der Waals surface area contributed by atoms with Crippen LogP contribution in [0.15, 0.2) is 35.0 Å². The van der Waals surface area contributed by atoms with Gasteiger partial charge in [-0.3, -0.25) is 0 Å². The van der Waals surface area contributed by atoms with E-state index in [1.54, 1.807) is 18.4 Å². The zero-order valence-corrected chi connectivity index (χ0v) is 14.0. The second-order valence-electron chi connectivity index (χ2n) is 5.41. The molecule has 3 heteroatoms. The number of ether oxygens (including phenoxy) is 1. The molecule has 2 aromatic rings. The van der Waals surface area contributed by atoms with Crippen LogP contribution in [0.1, 0.15) is 42.5 Å². The molecule has 1 aromatic heterocycles. The molecule has 0 aliphatic heterocycles. The van der Waals surface area contributed by atoms with E-state index in [1.807, 2.05) is 0 Å². The van der Waals surface area contributed by atoms with Crippen LogP contribution >= 0.6 is 11.3 Å². The van der Waals surface area contributed by atoms with Crippen LogP contribution in [-0.4, -0.2) is 13.7 Å². The van der Waals surface area contributed by atoms with Gasteiger partial charge in [-0.15, -0.1) is 0 Å². The monoisotopic (exact) mass is 303 g/mol. The van der Waals surface area contributed by atoms with Crippen molar-refractivity contribution in [2.45, 2.75) is 39.2 Å². The summed E-state index contributed by atoms with van der Waals surface area (Å²) in [5, 5.41) is 8.06. The molecule has 0 spiro atoms. The summed E-state index contributed by atoms with van der Waals surface area (Å²) in [6.07, 6.45) is 3.38. The van der Waals surface area contributed by atoms with E-state index in [0.29, 0.717) is 6.04 Å². The van der Waals surface area contributed by atoms with Crippen LogP contribution in [0.3, 0.4) is 0 Å². The van der Waals surface area contributed by atoms with Crippen LogP contribution in [0.25, 0.3) is 0 Å². The minimum atomic E-state index is 0.388. The van der Waals surface area contributed by atoms with Gasteiger partial charge in [0.25, 0.3) is 0 Å². The van der Waals surface area contributed by atoms with Crippen LogP contribution in [0, 0.1) is 6.92 Å². The first-order valence-electron chi connectivity index (χ1n) is 7.63. The smallest absolute Gasteiger partial charge is 0.122 e. The molecule has 1 unspecified atom stereocenters. The summed E-state index contributed by atoms with van der Waals surface area (Å²) in [6, 6.07) is 9.16. The molecule has 0 aliphatic rings. The SMILES string of the molecule is CCCNC(CCc1ccsc1)c1ccc(C)c(OC)c1. The third kappa shape index (κ3) is 4.58. The van der Waals surface area contributed by atoms with Crippen molar-refractivity contribution < 1.29 is 4.74 Å². The fraction of sp³-hybridized carbons (Fsp3) is 0.444. The Morgan fingerprint density at radius 3 is 2.81 bits per heavy atom. The summed E-state index contributed by atoms with van der Waals surface area (Å²) >= 11 is 1.77. The van der Waals surface area contributed by atoms with Gasteiger partial charge in [-0.2, -0.15) is 11.3 Å². The van der Waals surface area contributed by atoms with Gasteiger partial charge in [0.05, 0.1) is 7.11 Å². The van der Waals surface area contributed by atoms with Crippen LogP contribution in [0.5, 0.6) is 5.75 Å². The molecule has 0 amide bonds. The standard InChI is InChI=1S/C18H25NOS/c1-4-10-19-17(8-6-15-9-11-21-13-15)16-7-5-14(2)18(12-16)20-3/h5,7,9,11-13,17,19H,4,6,8,10H2,1-3H3. The Morgan fingerprint density at radius 1 is 1.29 bits per heavy atom. The molecule has 0 bridgehead atoms. The van der Waals surface area contributed by atoms with Crippen molar-refractivity contribution in [1.29, 1.82) is 0 Å². The van der Waals surface area contributed by atoms with Gasteiger partial charge in [-0.1, -0.05) is 19.1 Å². The number of rotatable bonds is 8. The lowest BCUT2D eigenvalue weighted by molar-refractivity contribution is 0.409. The number of methoxy groups -OCH3 is 1. The normalized spacial score (nSPS) is 12.3. The molecule has 0 fully saturated rings. The molecule has 0 saturated heterocycles. The number of thiophene rings is 1. The Bertz CT molecular complexity index is 536. The molecular formula is C18H25NOS. The van der Waals surface area contributed by atoms with E-state index in [2.05, 4.69) is 54.2 Å². The molecule has 1 heterocycles. The number of benzene rings is 1. The highest BCUT2D eigenvalue weighted by Gasteiger charge is 2.13. The summed E-state index contributed by atoms with van der Waals surface area (Å²) in [6.45, 7) is 5.34. The average molecular weight is 303 g/mol. The Balaban J connectivity index is 2.10. The number of nitrogens with one attached hydrogen (secondary N) is 1. The molecule has 2 nitrogen and oxygen atoms in total. The predicted molar refractivity (Wildman–Crippen MR) is 91.4 cm³/mol. The average Bonchev–Trinajstić information content (AvgIpc) is 3.01. The third-order valence-electron chi connectivity index (χ3n) is 3.78. The van der Waals surface area contributed by atoms with Crippen molar-refractivity contribution in [3.63, 3.8) is 0 Å². The van der Waals surface area contributed by atoms with E-state index >= 15 is 0 Å². The molecule has 0 aliphatic carbocycles. The fourth-order valence-corrected chi connectivity index (χ4v) is 3.21. The van der Waals surface area contributed by atoms with E-state index in [4.69, 9.17) is 4.74 Å². The highest BCUT2D eigenvalue weighted by Crippen LogP contribution is 2.26. The maximum atomic E-state index is 5.46. The fourth-order valence-electron chi connectivity index (χ4n) is 2.50. The van der Waals surface area contributed by atoms with Crippen molar-refractivity contribution in [2.24, 2.45) is 0 Å². The largest absolute Gasteiger partial charge is 0.496 e. The van der Waals surface area contributed by atoms with Crippen molar-refractivity contribution in [3.8, 4) is 5.75 Å². The van der Waals surface area contributed by atoms with Gasteiger partial charge in [0.1, 0.15) is 5.75 Å². The van der Waals surface area contributed by atoms with Crippen LogP contribution in [0.4, 0.5) is 0 Å². The molecule has 21 heavy (non-hydrogen) atoms. The second-order valence-corrected chi connectivity index (χ2v) is 6.19. The zero-order valence-electron chi connectivity index (χ0n) is 13.2. The van der Waals surface area contributed by atoms with Gasteiger partial charge in [0.15, 0.2) is 0 Å². The zero-order chi connectivity index (χ0) is 15.1. The number of aryl methyl sites for hydroxylation is 2. The topological polar surface area (TPSA) is 21.3 Å². The molecule has 0 saturated carbocycles. The summed E-state index contributed by atoms with van der Waals surface area (Å²) < 4.78 is 5.46. The van der Waals surface area contributed by atoms with E-state index in [0.717, 1.165) is 31.6 Å². The summed E-state index contributed by atoms with van der Waals surface area (Å²) in [4.78, 5) is 0. The molecule has 2 rings (SSSR count). The first-order valence-corrected chi connectivity index (χ1v) is 8.58. The maximum absolute atomic E-state index is 5.46. The van der Waals surface area contributed by atoms with Gasteiger partial charge in [0, 0.05) is 6.04 Å². The summed E-state index contributed by atoms with van der Waals surface area (Å²) in [5.74, 6) is 0.978. The molecular weight excluding hydrogens is 278 g/mol. The Kier molecular flexibility index (Phi) is 6.27. The second kappa shape index (κ2) is 8.20. The number of hydrogen-bond acceptors (Lipinski definition) is 3. The van der Waals surface area contributed by atoms with Crippen LogP contribution < -0.4 is 10.1 Å². The van der Waals surface area contributed by atoms with E-state index in [1.165, 1.54) is 16.7 Å². The van der Waals surface area contributed by atoms with E-state index in [9.17, 15) is 0 Å². The lowest BCUT2D eigenvalue weighted by Gasteiger charge is -2.20. The lowest BCUT2D eigenvalue weighted by atomic mass is 9.98. The lowest BCUT2D eigenvalue weighted by Crippen LogP contribution is -2.22. The molecule has 1 aromatic carbocycles. The molecule has 1 N–H and O–H groups in total.